The largest absolute Gasteiger partial charge is 0.489 e. The number of halogens is 2. The SMILES string of the molecule is CC1NN=CC(OC[C@H]2CN(C)CCO2)=C1C1=Cc2cc(NI=O)nn2CC1(C)F. The van der Waals surface area contributed by atoms with Crippen LogP contribution in [0.1, 0.15) is 19.5 Å². The van der Waals surface area contributed by atoms with Crippen molar-refractivity contribution in [2.45, 2.75) is 38.2 Å². The summed E-state index contributed by atoms with van der Waals surface area (Å²) in [6.07, 6.45) is 3.34. The van der Waals surface area contributed by atoms with Crippen molar-refractivity contribution < 1.29 is 16.9 Å². The number of morpholine rings is 1. The maximum absolute atomic E-state index is 15.8. The van der Waals surface area contributed by atoms with Crippen LogP contribution in [-0.4, -0.2) is 72.1 Å². The van der Waals surface area contributed by atoms with Gasteiger partial charge in [0.15, 0.2) is 11.5 Å². The average molecular weight is 532 g/mol. The summed E-state index contributed by atoms with van der Waals surface area (Å²) in [6, 6.07) is 1.55. The quantitative estimate of drug-likeness (QED) is 0.429. The Hall–Kier alpha value is -1.86. The number of fused-ring (bicyclic) bond motifs is 1. The van der Waals surface area contributed by atoms with Gasteiger partial charge >= 0.3 is 0 Å². The van der Waals surface area contributed by atoms with Gasteiger partial charge in [0.05, 0.1) is 31.1 Å². The van der Waals surface area contributed by atoms with Crippen LogP contribution in [0.2, 0.25) is 0 Å². The van der Waals surface area contributed by atoms with Crippen LogP contribution in [0.15, 0.2) is 28.1 Å². The molecule has 4 rings (SSSR count). The summed E-state index contributed by atoms with van der Waals surface area (Å²) in [4.78, 5) is 2.20. The van der Waals surface area contributed by atoms with E-state index in [-0.39, 0.29) is 18.7 Å². The van der Waals surface area contributed by atoms with E-state index in [4.69, 9.17) is 9.47 Å². The van der Waals surface area contributed by atoms with Crippen molar-refractivity contribution in [1.82, 2.24) is 20.1 Å². The lowest BCUT2D eigenvalue weighted by atomic mass is 9.84. The molecule has 2 unspecified atom stereocenters. The second-order valence-electron chi connectivity index (χ2n) is 7.99. The zero-order valence-electron chi connectivity index (χ0n) is 17.2. The molecule has 3 aliphatic heterocycles. The summed E-state index contributed by atoms with van der Waals surface area (Å²) in [5, 5.41) is 8.46. The molecule has 0 spiro atoms. The van der Waals surface area contributed by atoms with Crippen molar-refractivity contribution in [3.63, 3.8) is 0 Å². The molecule has 0 saturated carbocycles. The molecule has 0 amide bonds. The Balaban J connectivity index is 1.65. The summed E-state index contributed by atoms with van der Waals surface area (Å²) in [5.41, 5.74) is 3.36. The molecule has 3 aliphatic rings. The molecular weight excluding hydrogens is 506 g/mol. The fourth-order valence-corrected chi connectivity index (χ4v) is 4.46. The lowest BCUT2D eigenvalue weighted by Gasteiger charge is -2.35. The molecule has 2 N–H and O–H groups in total. The molecule has 0 aliphatic carbocycles. The number of hydrogen-bond acceptors (Lipinski definition) is 7. The van der Waals surface area contributed by atoms with E-state index in [2.05, 4.69) is 31.1 Å². The average Bonchev–Trinajstić information content (AvgIpc) is 3.06. The first kappa shape index (κ1) is 21.4. The van der Waals surface area contributed by atoms with Gasteiger partial charge in [-0.15, -0.1) is 0 Å². The Kier molecular flexibility index (Phi) is 6.21. The Labute approximate surface area is 185 Å². The second kappa shape index (κ2) is 8.71. The summed E-state index contributed by atoms with van der Waals surface area (Å²) in [5.74, 6) is 1.03. The zero-order valence-corrected chi connectivity index (χ0v) is 19.3. The molecule has 164 valence electrons. The number of anilines is 1. The maximum atomic E-state index is 15.8. The van der Waals surface area contributed by atoms with Gasteiger partial charge in [-0.2, -0.15) is 10.2 Å². The number of ether oxygens (including phenoxy) is 2. The third-order valence-electron chi connectivity index (χ3n) is 5.45. The van der Waals surface area contributed by atoms with Gasteiger partial charge < -0.3 is 19.8 Å². The number of aromatic nitrogens is 2. The number of allylic oxidation sites excluding steroid dienone is 1. The summed E-state index contributed by atoms with van der Waals surface area (Å²) < 4.78 is 43.0. The molecular formula is C19H26FIN6O3. The Bertz CT molecular complexity index is 912. The third-order valence-corrected chi connectivity index (χ3v) is 6.23. The summed E-state index contributed by atoms with van der Waals surface area (Å²) in [6.45, 7) is 6.26. The van der Waals surface area contributed by atoms with Gasteiger partial charge in [-0.05, 0) is 27.0 Å². The minimum atomic E-state index is -1.66. The van der Waals surface area contributed by atoms with Crippen LogP contribution in [0.25, 0.3) is 6.08 Å². The zero-order chi connectivity index (χ0) is 21.3. The van der Waals surface area contributed by atoms with Crippen LogP contribution in [0.3, 0.4) is 0 Å². The van der Waals surface area contributed by atoms with Crippen molar-refractivity contribution in [3.8, 4) is 0 Å². The van der Waals surface area contributed by atoms with E-state index in [1.807, 2.05) is 6.92 Å². The van der Waals surface area contributed by atoms with E-state index in [1.54, 1.807) is 30.0 Å². The topological polar surface area (TPSA) is 93.0 Å². The van der Waals surface area contributed by atoms with Crippen LogP contribution >= 0.6 is 21.5 Å². The molecule has 1 fully saturated rings. The standard InChI is InChI=1S/C19H26FIN6O3/c1-12-18(16(8-22-24-12)30-10-14-9-26(3)4-5-29-14)15-6-13-7-17(23-21-28)25-27(13)11-19(15,2)20/h6-8,12,14,24H,4-5,9-11H2,1-3H3,(H,23,25,28)/t12?,14-,19?/m1/s1. The van der Waals surface area contributed by atoms with E-state index >= 15 is 4.39 Å². The summed E-state index contributed by atoms with van der Waals surface area (Å²) in [7, 11) is 2.05. The Morgan fingerprint density at radius 1 is 1.53 bits per heavy atom. The molecule has 11 heteroatoms. The first-order valence-corrected chi connectivity index (χ1v) is 11.8. The molecule has 4 heterocycles. The van der Waals surface area contributed by atoms with Gasteiger partial charge in [-0.1, -0.05) is 0 Å². The van der Waals surface area contributed by atoms with E-state index < -0.39 is 27.1 Å². The minimum absolute atomic E-state index is 0.0429. The van der Waals surface area contributed by atoms with Gasteiger partial charge in [0.1, 0.15) is 18.5 Å². The van der Waals surface area contributed by atoms with Crippen molar-refractivity contribution in [2.75, 3.05) is 36.9 Å². The van der Waals surface area contributed by atoms with Crippen LogP contribution in [0.4, 0.5) is 10.2 Å². The van der Waals surface area contributed by atoms with Crippen LogP contribution < -0.4 is 8.96 Å². The number of likely N-dealkylation sites (N-methyl/N-ethyl adjacent to an activating group) is 1. The molecule has 30 heavy (non-hydrogen) atoms. The highest BCUT2D eigenvalue weighted by Gasteiger charge is 2.39. The second-order valence-corrected chi connectivity index (χ2v) is 8.97. The number of hydrogen-bond donors (Lipinski definition) is 2. The molecule has 1 saturated heterocycles. The minimum Gasteiger partial charge on any atom is -0.489 e. The molecule has 3 atom stereocenters. The highest BCUT2D eigenvalue weighted by atomic mass is 127. The van der Waals surface area contributed by atoms with Gasteiger partial charge in [0.25, 0.3) is 21.5 Å². The van der Waals surface area contributed by atoms with Crippen molar-refractivity contribution >= 4 is 39.6 Å². The van der Waals surface area contributed by atoms with Gasteiger partial charge in [0, 0.05) is 30.3 Å². The highest BCUT2D eigenvalue weighted by Crippen LogP contribution is 2.39. The molecule has 0 bridgehead atoms. The number of nitrogens with one attached hydrogen (secondary N) is 2. The Morgan fingerprint density at radius 2 is 2.37 bits per heavy atom. The number of nitrogens with zero attached hydrogens (tertiary/aromatic N) is 4. The predicted octanol–water partition coefficient (Wildman–Crippen LogP) is 2.23. The third kappa shape index (κ3) is 4.42. The van der Waals surface area contributed by atoms with E-state index in [0.29, 0.717) is 30.4 Å². The first-order valence-electron chi connectivity index (χ1n) is 9.84. The van der Waals surface area contributed by atoms with Crippen LogP contribution in [0, 0.1) is 0 Å². The van der Waals surface area contributed by atoms with E-state index in [0.717, 1.165) is 24.4 Å². The van der Waals surface area contributed by atoms with Gasteiger partial charge in [-0.3, -0.25) is 8.21 Å². The van der Waals surface area contributed by atoms with E-state index in [1.165, 1.54) is 0 Å². The lowest BCUT2D eigenvalue weighted by Crippen LogP contribution is -2.43. The van der Waals surface area contributed by atoms with Crippen molar-refractivity contribution in [1.29, 1.82) is 0 Å². The Morgan fingerprint density at radius 3 is 3.13 bits per heavy atom. The first-order chi connectivity index (χ1) is 14.4. The molecule has 0 aromatic carbocycles. The normalized spacial score (nSPS) is 29.3. The number of alkyl halides is 1. The lowest BCUT2D eigenvalue weighted by molar-refractivity contribution is -0.0502. The monoisotopic (exact) mass is 532 g/mol. The van der Waals surface area contributed by atoms with Crippen molar-refractivity contribution in [3.05, 3.63) is 28.7 Å². The van der Waals surface area contributed by atoms with Crippen LogP contribution in [0.5, 0.6) is 0 Å². The molecule has 9 nitrogen and oxygen atoms in total. The smallest absolute Gasteiger partial charge is 0.271 e. The fraction of sp³-hybridized carbons (Fsp3) is 0.579. The predicted molar refractivity (Wildman–Crippen MR) is 119 cm³/mol. The fourth-order valence-electron chi connectivity index (χ4n) is 3.97. The maximum Gasteiger partial charge on any atom is 0.271 e. The van der Waals surface area contributed by atoms with Crippen LogP contribution in [-0.2, 0) is 19.1 Å². The number of rotatable bonds is 6. The van der Waals surface area contributed by atoms with Gasteiger partial charge in [-0.25, -0.2) is 7.46 Å². The summed E-state index contributed by atoms with van der Waals surface area (Å²) >= 11 is -1.40. The number of hydrazone groups is 1. The molecule has 0 radical (unpaired) electrons. The molecule has 1 aromatic heterocycles. The highest BCUT2D eigenvalue weighted by molar-refractivity contribution is 14.1. The van der Waals surface area contributed by atoms with Gasteiger partial charge in [0.2, 0.25) is 0 Å². The van der Waals surface area contributed by atoms with E-state index in [9.17, 15) is 3.07 Å². The van der Waals surface area contributed by atoms with Crippen molar-refractivity contribution in [2.24, 2.45) is 5.10 Å². The molecule has 1 aromatic rings.